The number of amides is 2. The van der Waals surface area contributed by atoms with Gasteiger partial charge < -0.3 is 31.7 Å². The molecule has 0 unspecified atom stereocenters. The van der Waals surface area contributed by atoms with Gasteiger partial charge in [-0.1, -0.05) is 0 Å². The number of nitrogens with two attached hydrogens (primary N) is 1. The second-order valence-corrected chi connectivity index (χ2v) is 7.01. The van der Waals surface area contributed by atoms with Gasteiger partial charge in [0.15, 0.2) is 0 Å². The van der Waals surface area contributed by atoms with Gasteiger partial charge in [-0.15, -0.1) is 16.7 Å². The van der Waals surface area contributed by atoms with Crippen LogP contribution in [0.5, 0.6) is 0 Å². The molecule has 0 aromatic carbocycles. The van der Waals surface area contributed by atoms with Gasteiger partial charge in [-0.05, 0) is 5.18 Å². The number of nitrogens with zero attached hydrogens (tertiary/aromatic N) is 1. The molecule has 15 heteroatoms. The zero-order valence-corrected chi connectivity index (χ0v) is 16.1. The summed E-state index contributed by atoms with van der Waals surface area (Å²) in [6, 6.07) is -2.63. The molecule has 0 spiro atoms. The monoisotopic (exact) mass is 440 g/mol. The zero-order valence-electron chi connectivity index (χ0n) is 14.4. The molecule has 13 nitrogen and oxygen atoms in total. The average molecular weight is 440 g/mol. The Kier molecular flexibility index (Phi) is 11.1. The van der Waals surface area contributed by atoms with Crippen LogP contribution in [0.3, 0.4) is 0 Å². The van der Waals surface area contributed by atoms with Crippen LogP contribution in [0.1, 0.15) is 12.8 Å². The lowest BCUT2D eigenvalue weighted by Gasteiger charge is -2.22. The lowest BCUT2D eigenvalue weighted by Crippen LogP contribution is -2.49. The van der Waals surface area contributed by atoms with Crippen molar-refractivity contribution in [3.05, 3.63) is 4.91 Å². The Bertz CT molecular complexity index is 633. The third-order valence-electron chi connectivity index (χ3n) is 3.24. The van der Waals surface area contributed by atoms with Gasteiger partial charge in [0, 0.05) is 24.3 Å². The molecule has 7 N–H and O–H groups in total. The molecule has 0 aliphatic carbocycles. The van der Waals surface area contributed by atoms with Crippen molar-refractivity contribution in [2.75, 3.05) is 18.1 Å². The van der Waals surface area contributed by atoms with Gasteiger partial charge in [0.05, 0.1) is 0 Å². The Balaban J connectivity index is 4.91. The first-order valence-electron chi connectivity index (χ1n) is 7.59. The molecule has 28 heavy (non-hydrogen) atoms. The van der Waals surface area contributed by atoms with Crippen LogP contribution in [0.15, 0.2) is 5.18 Å². The Labute approximate surface area is 168 Å². The van der Waals surface area contributed by atoms with Crippen LogP contribution < -0.4 is 16.4 Å². The lowest BCUT2D eigenvalue weighted by molar-refractivity contribution is -0.140. The second-order valence-electron chi connectivity index (χ2n) is 5.35. The predicted octanol–water partition coefficient (Wildman–Crippen LogP) is -1.93. The van der Waals surface area contributed by atoms with Crippen LogP contribution >= 0.6 is 24.4 Å². The highest BCUT2D eigenvalue weighted by Crippen LogP contribution is 2.32. The molecule has 0 bridgehead atoms. The minimum atomic E-state index is -2.34. The van der Waals surface area contributed by atoms with Gasteiger partial charge in [-0.3, -0.25) is 19.2 Å². The Morgan fingerprint density at radius 1 is 1.18 bits per heavy atom. The van der Waals surface area contributed by atoms with E-state index in [-0.39, 0.29) is 5.75 Å². The van der Waals surface area contributed by atoms with Crippen LogP contribution in [-0.4, -0.2) is 80.0 Å². The highest BCUT2D eigenvalue weighted by atomic mass is 32.2. The maximum absolute atomic E-state index is 12.0. The summed E-state index contributed by atoms with van der Waals surface area (Å²) in [4.78, 5) is 65.0. The highest BCUT2D eigenvalue weighted by Gasteiger charge is 2.42. The van der Waals surface area contributed by atoms with E-state index in [9.17, 15) is 34.0 Å². The highest BCUT2D eigenvalue weighted by molar-refractivity contribution is 8.01. The number of thiol groups is 1. The van der Waals surface area contributed by atoms with Crippen molar-refractivity contribution in [1.82, 2.24) is 10.6 Å². The van der Waals surface area contributed by atoms with Crippen molar-refractivity contribution in [2.45, 2.75) is 29.8 Å². The number of carbonyl (C=O) groups is 5. The Morgan fingerprint density at radius 2 is 1.79 bits per heavy atom. The molecule has 0 saturated heterocycles. The van der Waals surface area contributed by atoms with Crippen LogP contribution in [0.25, 0.3) is 0 Å². The summed E-state index contributed by atoms with van der Waals surface area (Å²) in [6.45, 7) is -0.670. The average Bonchev–Trinajstić information content (AvgIpc) is 2.63. The number of nitroso groups, excluding NO2 is 1. The van der Waals surface area contributed by atoms with E-state index in [2.05, 4.69) is 23.1 Å². The van der Waals surface area contributed by atoms with Crippen LogP contribution in [0, 0.1) is 4.91 Å². The van der Waals surface area contributed by atoms with Crippen molar-refractivity contribution in [2.24, 2.45) is 10.9 Å². The quantitative estimate of drug-likeness (QED) is 0.116. The van der Waals surface area contributed by atoms with E-state index < -0.39 is 71.8 Å². The first-order valence-corrected chi connectivity index (χ1v) is 9.20. The van der Waals surface area contributed by atoms with E-state index in [0.29, 0.717) is 11.8 Å². The molecular formula is C13H20N4O9S2. The number of aliphatic carboxylic acids is 3. The molecule has 0 fully saturated rings. The fourth-order valence-corrected chi connectivity index (χ4v) is 2.96. The van der Waals surface area contributed by atoms with Gasteiger partial charge >= 0.3 is 17.9 Å². The molecule has 3 atom stereocenters. The molecule has 0 aromatic rings. The van der Waals surface area contributed by atoms with Gasteiger partial charge in [0.1, 0.15) is 18.6 Å². The van der Waals surface area contributed by atoms with Crippen LogP contribution in [0.4, 0.5) is 0 Å². The number of nitrogens with one attached hydrogen (secondary N) is 2. The molecule has 0 aliphatic heterocycles. The molecule has 0 heterocycles. The molecular weight excluding hydrogens is 420 g/mol. The molecule has 0 aromatic heterocycles. The minimum absolute atomic E-state index is 0.171. The summed E-state index contributed by atoms with van der Waals surface area (Å²) in [5, 5.41) is 33.3. The molecule has 0 aliphatic rings. The largest absolute Gasteiger partial charge is 0.480 e. The summed E-state index contributed by atoms with van der Waals surface area (Å²) >= 11 is 4.24. The van der Waals surface area contributed by atoms with Crippen molar-refractivity contribution >= 4 is 54.1 Å². The Morgan fingerprint density at radius 3 is 2.21 bits per heavy atom. The number of carboxylic acids is 3. The maximum atomic E-state index is 12.0. The smallest absolute Gasteiger partial charge is 0.345 e. The number of hydrogen-bond donors (Lipinski definition) is 7. The van der Waals surface area contributed by atoms with E-state index in [0.717, 1.165) is 0 Å². The van der Waals surface area contributed by atoms with Crippen molar-refractivity contribution < 1.29 is 39.3 Å². The minimum Gasteiger partial charge on any atom is -0.480 e. The Hall–Kier alpha value is -2.39. The molecule has 0 radical (unpaired) electrons. The maximum Gasteiger partial charge on any atom is 0.345 e. The van der Waals surface area contributed by atoms with Crippen LogP contribution in [-0.2, 0) is 24.0 Å². The van der Waals surface area contributed by atoms with Crippen molar-refractivity contribution in [3.8, 4) is 0 Å². The topological polar surface area (TPSA) is 226 Å². The molecule has 158 valence electrons. The number of hydrogen-bond acceptors (Lipinski definition) is 10. The SMILES string of the molecule is N[C@@H](CS[C@@](CCC(=O)N[C@@H](CS)C(=O)NCC(=O)O)(N=O)C(=O)O)C(=O)O. The standard InChI is InChI=1S/C13H20N4O9S2/c14-6(11(22)23)5-28-13(17-26,12(24)25)2-1-8(18)16-7(4-27)10(21)15-3-9(19)20/h6-7,27H,1-5,14H2,(H,15,21)(H,16,18)(H,19,20)(H,22,23)(H,24,25)/t6-,7-,13+/m0/s1. The molecule has 0 rings (SSSR count). The number of carbonyl (C=O) groups excluding carboxylic acids is 2. The van der Waals surface area contributed by atoms with E-state index in [1.165, 1.54) is 0 Å². The summed E-state index contributed by atoms with van der Waals surface area (Å²) in [7, 11) is 0. The van der Waals surface area contributed by atoms with E-state index in [1.807, 2.05) is 5.32 Å². The first-order chi connectivity index (χ1) is 13.0. The fraction of sp³-hybridized carbons (Fsp3) is 0.615. The van der Waals surface area contributed by atoms with Gasteiger partial charge in [0.2, 0.25) is 16.7 Å². The number of carboxylic acid groups (broad SMARTS) is 3. The van der Waals surface area contributed by atoms with E-state index in [1.54, 1.807) is 0 Å². The normalized spacial score (nSPS) is 14.8. The lowest BCUT2D eigenvalue weighted by atomic mass is 10.1. The summed E-state index contributed by atoms with van der Waals surface area (Å²) < 4.78 is 0. The van der Waals surface area contributed by atoms with E-state index in [4.69, 9.17) is 15.9 Å². The number of rotatable bonds is 14. The third kappa shape index (κ3) is 8.53. The van der Waals surface area contributed by atoms with Gasteiger partial charge in [-0.2, -0.15) is 12.6 Å². The van der Waals surface area contributed by atoms with Gasteiger partial charge in [0.25, 0.3) is 0 Å². The zero-order chi connectivity index (χ0) is 21.9. The van der Waals surface area contributed by atoms with E-state index >= 15 is 0 Å². The summed E-state index contributed by atoms with van der Waals surface area (Å²) in [6.07, 6.45) is -1.13. The van der Waals surface area contributed by atoms with Crippen LogP contribution in [0.2, 0.25) is 0 Å². The van der Waals surface area contributed by atoms with Crippen molar-refractivity contribution in [1.29, 1.82) is 0 Å². The molecule has 0 saturated carbocycles. The molecule has 2 amide bonds. The second kappa shape index (κ2) is 12.1. The summed E-state index contributed by atoms with van der Waals surface area (Å²) in [5.74, 6) is -6.62. The van der Waals surface area contributed by atoms with Crippen molar-refractivity contribution in [3.63, 3.8) is 0 Å². The van der Waals surface area contributed by atoms with Gasteiger partial charge in [-0.25, -0.2) is 4.79 Å². The fourth-order valence-electron chi connectivity index (χ4n) is 1.68. The number of thioether (sulfide) groups is 1. The first kappa shape index (κ1) is 25.6. The third-order valence-corrected chi connectivity index (χ3v) is 5.06. The summed E-state index contributed by atoms with van der Waals surface area (Å²) in [5.41, 5.74) is 5.27. The predicted molar refractivity (Wildman–Crippen MR) is 99.9 cm³/mol.